The van der Waals surface area contributed by atoms with Crippen molar-refractivity contribution in [1.82, 2.24) is 14.6 Å². The molecule has 1 amide bonds. The van der Waals surface area contributed by atoms with Gasteiger partial charge in [-0.25, -0.2) is 18.1 Å². The Bertz CT molecular complexity index is 830. The first-order valence-corrected chi connectivity index (χ1v) is 9.53. The highest BCUT2D eigenvalue weighted by Gasteiger charge is 2.25. The van der Waals surface area contributed by atoms with Crippen LogP contribution in [0.1, 0.15) is 22.9 Å². The van der Waals surface area contributed by atoms with Crippen molar-refractivity contribution in [2.45, 2.75) is 19.4 Å². The SMILES string of the molecule is CS(=O)(=O)NCC(=O)N1CCc2oc(Cc3ccccc3)nc2C1. The van der Waals surface area contributed by atoms with Crippen LogP contribution in [0.3, 0.4) is 0 Å². The average Bonchev–Trinajstić information content (AvgIpc) is 2.94. The Morgan fingerprint density at radius 3 is 2.79 bits per heavy atom. The highest BCUT2D eigenvalue weighted by atomic mass is 32.2. The fraction of sp³-hybridized carbons (Fsp3) is 0.375. The van der Waals surface area contributed by atoms with Crippen LogP contribution < -0.4 is 4.72 Å². The van der Waals surface area contributed by atoms with Crippen LogP contribution in [0.25, 0.3) is 0 Å². The molecule has 0 bridgehead atoms. The molecule has 1 aliphatic rings. The Morgan fingerprint density at radius 2 is 2.08 bits per heavy atom. The third kappa shape index (κ3) is 4.21. The molecule has 24 heavy (non-hydrogen) atoms. The minimum absolute atomic E-state index is 0.233. The molecule has 0 atom stereocenters. The van der Waals surface area contributed by atoms with Gasteiger partial charge in [-0.3, -0.25) is 4.79 Å². The van der Waals surface area contributed by atoms with E-state index in [4.69, 9.17) is 4.42 Å². The van der Waals surface area contributed by atoms with Gasteiger partial charge in [0.2, 0.25) is 15.9 Å². The zero-order valence-electron chi connectivity index (χ0n) is 13.4. The van der Waals surface area contributed by atoms with Gasteiger partial charge < -0.3 is 9.32 Å². The fourth-order valence-electron chi connectivity index (χ4n) is 2.62. The third-order valence-electron chi connectivity index (χ3n) is 3.81. The van der Waals surface area contributed by atoms with Gasteiger partial charge in [-0.1, -0.05) is 30.3 Å². The van der Waals surface area contributed by atoms with Crippen LogP contribution >= 0.6 is 0 Å². The van der Waals surface area contributed by atoms with Crippen molar-refractivity contribution in [3.05, 3.63) is 53.2 Å². The van der Waals surface area contributed by atoms with Gasteiger partial charge in [0.05, 0.1) is 19.3 Å². The highest BCUT2D eigenvalue weighted by Crippen LogP contribution is 2.21. The number of nitrogens with zero attached hydrogens (tertiary/aromatic N) is 2. The number of carbonyl (C=O) groups is 1. The molecule has 0 saturated heterocycles. The van der Waals surface area contributed by atoms with Gasteiger partial charge in [-0.2, -0.15) is 0 Å². The lowest BCUT2D eigenvalue weighted by Gasteiger charge is -2.25. The molecular formula is C16H19N3O4S. The lowest BCUT2D eigenvalue weighted by atomic mass is 10.1. The molecule has 0 spiro atoms. The predicted molar refractivity (Wildman–Crippen MR) is 87.7 cm³/mol. The molecule has 1 aromatic heterocycles. The van der Waals surface area contributed by atoms with Crippen LogP contribution in [-0.4, -0.2) is 43.6 Å². The Morgan fingerprint density at radius 1 is 1.33 bits per heavy atom. The summed E-state index contributed by atoms with van der Waals surface area (Å²) in [4.78, 5) is 18.2. The van der Waals surface area contributed by atoms with Crippen molar-refractivity contribution in [3.8, 4) is 0 Å². The Labute approximate surface area is 140 Å². The Kier molecular flexibility index (Phi) is 4.68. The summed E-state index contributed by atoms with van der Waals surface area (Å²) in [5.41, 5.74) is 1.86. The molecule has 0 fully saturated rings. The average molecular weight is 349 g/mol. The molecule has 1 aliphatic heterocycles. The molecule has 1 N–H and O–H groups in total. The lowest BCUT2D eigenvalue weighted by molar-refractivity contribution is -0.130. The first kappa shape index (κ1) is 16.7. The van der Waals surface area contributed by atoms with Crippen molar-refractivity contribution in [3.63, 3.8) is 0 Å². The van der Waals surface area contributed by atoms with Crippen LogP contribution in [0, 0.1) is 0 Å². The topological polar surface area (TPSA) is 92.5 Å². The van der Waals surface area contributed by atoms with Crippen LogP contribution in [0.2, 0.25) is 0 Å². The van der Waals surface area contributed by atoms with Crippen molar-refractivity contribution in [2.24, 2.45) is 0 Å². The van der Waals surface area contributed by atoms with Crippen LogP contribution in [0.15, 0.2) is 34.7 Å². The lowest BCUT2D eigenvalue weighted by Crippen LogP contribution is -2.42. The number of nitrogens with one attached hydrogen (secondary N) is 1. The molecule has 1 aromatic carbocycles. The number of benzene rings is 1. The molecule has 7 nitrogen and oxygen atoms in total. The summed E-state index contributed by atoms with van der Waals surface area (Å²) in [5, 5.41) is 0. The number of hydrogen-bond donors (Lipinski definition) is 1. The van der Waals surface area contributed by atoms with Crippen LogP contribution in [0.4, 0.5) is 0 Å². The van der Waals surface area contributed by atoms with Gasteiger partial charge in [0.25, 0.3) is 0 Å². The summed E-state index contributed by atoms with van der Waals surface area (Å²) in [5.74, 6) is 1.18. The van der Waals surface area contributed by atoms with E-state index in [0.717, 1.165) is 23.3 Å². The van der Waals surface area contributed by atoms with Gasteiger partial charge in [-0.05, 0) is 5.56 Å². The second-order valence-electron chi connectivity index (χ2n) is 5.80. The Hall–Kier alpha value is -2.19. The summed E-state index contributed by atoms with van der Waals surface area (Å²) in [6.07, 6.45) is 2.22. The van der Waals surface area contributed by atoms with Crippen LogP contribution in [-0.2, 0) is 34.2 Å². The molecule has 0 saturated carbocycles. The Balaban J connectivity index is 1.64. The van der Waals surface area contributed by atoms with E-state index in [9.17, 15) is 13.2 Å². The van der Waals surface area contributed by atoms with E-state index in [1.165, 1.54) is 0 Å². The number of fused-ring (bicyclic) bond motifs is 1. The van der Waals surface area contributed by atoms with Gasteiger partial charge in [0, 0.05) is 19.4 Å². The maximum absolute atomic E-state index is 12.1. The second kappa shape index (κ2) is 6.74. The first-order chi connectivity index (χ1) is 11.4. The number of oxazole rings is 1. The van der Waals surface area contributed by atoms with Crippen molar-refractivity contribution < 1.29 is 17.6 Å². The van der Waals surface area contributed by atoms with E-state index in [2.05, 4.69) is 9.71 Å². The quantitative estimate of drug-likeness (QED) is 0.858. The molecule has 128 valence electrons. The number of aromatic nitrogens is 1. The molecule has 3 rings (SSSR count). The zero-order valence-corrected chi connectivity index (χ0v) is 14.2. The minimum atomic E-state index is -3.38. The van der Waals surface area contributed by atoms with Gasteiger partial charge >= 0.3 is 0 Å². The largest absolute Gasteiger partial charge is 0.445 e. The second-order valence-corrected chi connectivity index (χ2v) is 7.63. The van der Waals surface area contributed by atoms with E-state index in [1.807, 2.05) is 30.3 Å². The predicted octanol–water partition coefficient (Wildman–Crippen LogP) is 0.699. The van der Waals surface area contributed by atoms with Crippen molar-refractivity contribution >= 4 is 15.9 Å². The monoisotopic (exact) mass is 349 g/mol. The molecule has 2 heterocycles. The molecule has 0 aliphatic carbocycles. The highest BCUT2D eigenvalue weighted by molar-refractivity contribution is 7.88. The van der Waals surface area contributed by atoms with E-state index >= 15 is 0 Å². The van der Waals surface area contributed by atoms with Crippen molar-refractivity contribution in [1.29, 1.82) is 0 Å². The maximum atomic E-state index is 12.1. The normalized spacial score (nSPS) is 14.5. The number of carbonyl (C=O) groups excluding carboxylic acids is 1. The van der Waals surface area contributed by atoms with E-state index in [1.54, 1.807) is 4.90 Å². The van der Waals surface area contributed by atoms with Gasteiger partial charge in [-0.15, -0.1) is 0 Å². The molecule has 8 heteroatoms. The van der Waals surface area contributed by atoms with E-state index in [-0.39, 0.29) is 12.5 Å². The molecular weight excluding hydrogens is 330 g/mol. The summed E-state index contributed by atoms with van der Waals surface area (Å²) in [7, 11) is -3.38. The number of amides is 1. The molecule has 0 radical (unpaired) electrons. The van der Waals surface area contributed by atoms with Crippen LogP contribution in [0.5, 0.6) is 0 Å². The maximum Gasteiger partial charge on any atom is 0.237 e. The molecule has 0 unspecified atom stereocenters. The van der Waals surface area contributed by atoms with Crippen molar-refractivity contribution in [2.75, 3.05) is 19.3 Å². The summed E-state index contributed by atoms with van der Waals surface area (Å²) >= 11 is 0. The first-order valence-electron chi connectivity index (χ1n) is 7.64. The minimum Gasteiger partial charge on any atom is -0.445 e. The van der Waals surface area contributed by atoms with E-state index in [0.29, 0.717) is 31.8 Å². The smallest absolute Gasteiger partial charge is 0.237 e. The number of sulfonamides is 1. The van der Waals surface area contributed by atoms with E-state index < -0.39 is 10.0 Å². The van der Waals surface area contributed by atoms with Gasteiger partial charge in [0.15, 0.2) is 5.89 Å². The summed E-state index contributed by atoms with van der Waals surface area (Å²) in [6.45, 7) is 0.609. The zero-order chi connectivity index (χ0) is 17.2. The number of hydrogen-bond acceptors (Lipinski definition) is 5. The number of rotatable bonds is 5. The standard InChI is InChI=1S/C16H19N3O4S/c1-24(21,22)17-10-16(20)19-8-7-14-13(11-19)18-15(23-14)9-12-5-3-2-4-6-12/h2-6,17H,7-11H2,1H3. The summed E-state index contributed by atoms with van der Waals surface area (Å²) in [6, 6.07) is 9.91. The van der Waals surface area contributed by atoms with Gasteiger partial charge in [0.1, 0.15) is 11.5 Å². The summed E-state index contributed by atoms with van der Waals surface area (Å²) < 4.78 is 30.2. The fourth-order valence-corrected chi connectivity index (χ4v) is 3.00. The third-order valence-corrected chi connectivity index (χ3v) is 4.48. The molecule has 2 aromatic rings.